The smallest absolute Gasteiger partial charge is 0.245 e. The molecular weight excluding hydrogens is 442 g/mol. The molecule has 3 amide bonds. The van der Waals surface area contributed by atoms with Gasteiger partial charge in [0.25, 0.3) is 0 Å². The average Bonchev–Trinajstić information content (AvgIpc) is 3.26. The Kier molecular flexibility index (Phi) is 6.60. The van der Waals surface area contributed by atoms with Crippen LogP contribution in [-0.2, 0) is 19.1 Å². The fourth-order valence-corrected chi connectivity index (χ4v) is 6.24. The van der Waals surface area contributed by atoms with Crippen LogP contribution < -0.4 is 10.6 Å². The molecule has 0 aromatic carbocycles. The number of nitrogens with one attached hydrogen (secondary N) is 2. The minimum absolute atomic E-state index is 0.0551. The number of hydrogen-bond acceptors (Lipinski definition) is 5. The van der Waals surface area contributed by atoms with Crippen molar-refractivity contribution in [3.05, 3.63) is 0 Å². The predicted molar refractivity (Wildman–Crippen MR) is 110 cm³/mol. The van der Waals surface area contributed by atoms with Gasteiger partial charge in [0, 0.05) is 18.4 Å². The fourth-order valence-electron chi connectivity index (χ4n) is 5.30. The monoisotopic (exact) mass is 473 g/mol. The van der Waals surface area contributed by atoms with Gasteiger partial charge in [-0.1, -0.05) is 43.1 Å². The first kappa shape index (κ1) is 22.5. The number of likely N-dealkylation sites (tertiary alicyclic amines) is 1. The third-order valence-corrected chi connectivity index (χ3v) is 7.51. The number of aliphatic hydroxyl groups is 1. The summed E-state index contributed by atoms with van der Waals surface area (Å²) in [7, 11) is 1.54. The van der Waals surface area contributed by atoms with E-state index in [-0.39, 0.29) is 35.1 Å². The molecule has 9 heteroatoms. The molecule has 0 radical (unpaired) electrons. The number of carbonyl (C=O) groups excluding carboxylic acids is 3. The molecule has 2 bridgehead atoms. The highest BCUT2D eigenvalue weighted by Gasteiger charge is 2.77. The van der Waals surface area contributed by atoms with Crippen LogP contribution in [0.25, 0.3) is 0 Å². The lowest BCUT2D eigenvalue weighted by atomic mass is 9.70. The summed E-state index contributed by atoms with van der Waals surface area (Å²) in [6.45, 7) is 6.12. The van der Waals surface area contributed by atoms with E-state index >= 15 is 0 Å². The first-order valence-electron chi connectivity index (χ1n) is 10.5. The van der Waals surface area contributed by atoms with Gasteiger partial charge in [-0.05, 0) is 18.8 Å². The second-order valence-corrected chi connectivity index (χ2v) is 9.84. The van der Waals surface area contributed by atoms with Crippen molar-refractivity contribution in [3.63, 3.8) is 0 Å². The SMILES string of the molecule is CCCCNC(=O)C1N([C@@H](CO)C(C)C)C(=O)[C@@H]2[C@@H](C(=O)NC)[C@@H]3OC12CC3Br. The molecule has 29 heavy (non-hydrogen) atoms. The number of carbonyl (C=O) groups is 3. The van der Waals surface area contributed by atoms with E-state index in [0.717, 1.165) is 12.8 Å². The van der Waals surface area contributed by atoms with Crippen LogP contribution in [0.3, 0.4) is 0 Å². The second-order valence-electron chi connectivity index (χ2n) is 8.66. The van der Waals surface area contributed by atoms with E-state index in [1.54, 1.807) is 7.05 Å². The number of amides is 3. The summed E-state index contributed by atoms with van der Waals surface area (Å²) in [4.78, 5) is 41.0. The molecule has 0 aliphatic carbocycles. The Morgan fingerprint density at radius 3 is 2.62 bits per heavy atom. The number of aliphatic hydroxyl groups excluding tert-OH is 1. The average molecular weight is 474 g/mol. The van der Waals surface area contributed by atoms with Gasteiger partial charge >= 0.3 is 0 Å². The Morgan fingerprint density at radius 1 is 1.38 bits per heavy atom. The van der Waals surface area contributed by atoms with Crippen molar-refractivity contribution in [3.8, 4) is 0 Å². The highest BCUT2D eigenvalue weighted by Crippen LogP contribution is 2.60. The van der Waals surface area contributed by atoms with Crippen molar-refractivity contribution in [1.29, 1.82) is 0 Å². The minimum atomic E-state index is -1.06. The third kappa shape index (κ3) is 3.39. The summed E-state index contributed by atoms with van der Waals surface area (Å²) >= 11 is 3.61. The first-order valence-corrected chi connectivity index (χ1v) is 11.4. The van der Waals surface area contributed by atoms with Gasteiger partial charge in [-0.15, -0.1) is 0 Å². The Balaban J connectivity index is 2.05. The molecule has 0 saturated carbocycles. The van der Waals surface area contributed by atoms with E-state index in [1.165, 1.54) is 4.90 Å². The number of alkyl halides is 1. The van der Waals surface area contributed by atoms with Gasteiger partial charge < -0.3 is 25.4 Å². The zero-order valence-electron chi connectivity index (χ0n) is 17.5. The molecule has 3 heterocycles. The number of unbranched alkanes of at least 4 members (excludes halogenated alkanes) is 1. The van der Waals surface area contributed by atoms with Gasteiger partial charge in [-0.3, -0.25) is 14.4 Å². The van der Waals surface area contributed by atoms with Crippen LogP contribution in [0.2, 0.25) is 0 Å². The minimum Gasteiger partial charge on any atom is -0.394 e. The lowest BCUT2D eigenvalue weighted by Gasteiger charge is -2.38. The summed E-state index contributed by atoms with van der Waals surface area (Å²) in [5.74, 6) is -2.24. The van der Waals surface area contributed by atoms with Crippen LogP contribution in [0.5, 0.6) is 0 Å². The molecule has 1 spiro atoms. The van der Waals surface area contributed by atoms with Crippen molar-refractivity contribution < 1.29 is 24.2 Å². The van der Waals surface area contributed by atoms with E-state index in [9.17, 15) is 19.5 Å². The Bertz CT molecular complexity index is 675. The van der Waals surface area contributed by atoms with Crippen molar-refractivity contribution in [1.82, 2.24) is 15.5 Å². The van der Waals surface area contributed by atoms with Gasteiger partial charge in [0.05, 0.1) is 30.6 Å². The van der Waals surface area contributed by atoms with Crippen molar-refractivity contribution in [2.45, 2.75) is 68.6 Å². The summed E-state index contributed by atoms with van der Waals surface area (Å²) in [5, 5.41) is 15.6. The number of fused-ring (bicyclic) bond motifs is 1. The maximum Gasteiger partial charge on any atom is 0.245 e. The molecule has 3 saturated heterocycles. The zero-order chi connectivity index (χ0) is 21.5. The molecule has 3 rings (SSSR count). The summed E-state index contributed by atoms with van der Waals surface area (Å²) in [6, 6.07) is -1.39. The van der Waals surface area contributed by atoms with E-state index < -0.39 is 35.6 Å². The Hall–Kier alpha value is -1.19. The van der Waals surface area contributed by atoms with Crippen LogP contribution in [0, 0.1) is 17.8 Å². The number of nitrogens with zero attached hydrogens (tertiary/aromatic N) is 1. The first-order chi connectivity index (χ1) is 13.7. The van der Waals surface area contributed by atoms with Gasteiger partial charge in [0.1, 0.15) is 11.6 Å². The van der Waals surface area contributed by atoms with Gasteiger partial charge in [0.15, 0.2) is 0 Å². The Labute approximate surface area is 180 Å². The molecule has 0 aromatic rings. The van der Waals surface area contributed by atoms with Crippen molar-refractivity contribution in [2.24, 2.45) is 17.8 Å². The van der Waals surface area contributed by atoms with Gasteiger partial charge in [-0.25, -0.2) is 0 Å². The Morgan fingerprint density at radius 2 is 2.07 bits per heavy atom. The van der Waals surface area contributed by atoms with E-state index in [2.05, 4.69) is 26.6 Å². The normalized spacial score (nSPS) is 36.4. The molecule has 3 fully saturated rings. The molecule has 3 aliphatic heterocycles. The van der Waals surface area contributed by atoms with Crippen LogP contribution in [-0.4, -0.2) is 76.5 Å². The maximum absolute atomic E-state index is 13.6. The van der Waals surface area contributed by atoms with Crippen molar-refractivity contribution in [2.75, 3.05) is 20.2 Å². The predicted octanol–water partition coefficient (Wildman–Crippen LogP) is 0.414. The molecule has 164 valence electrons. The largest absolute Gasteiger partial charge is 0.394 e. The summed E-state index contributed by atoms with van der Waals surface area (Å²) < 4.78 is 6.33. The molecule has 8 nitrogen and oxygen atoms in total. The topological polar surface area (TPSA) is 108 Å². The number of ether oxygens (including phenoxy) is 1. The molecular formula is C20H32BrN3O5. The van der Waals surface area contributed by atoms with Gasteiger partial charge in [0.2, 0.25) is 17.7 Å². The second kappa shape index (κ2) is 8.51. The number of rotatable bonds is 8. The molecule has 3 unspecified atom stereocenters. The summed E-state index contributed by atoms with van der Waals surface area (Å²) in [5.41, 5.74) is -1.06. The lowest BCUT2D eigenvalue weighted by Crippen LogP contribution is -2.59. The van der Waals surface area contributed by atoms with Crippen LogP contribution in [0.1, 0.15) is 40.0 Å². The number of halogens is 1. The molecule has 3 N–H and O–H groups in total. The molecule has 3 aliphatic rings. The highest BCUT2D eigenvalue weighted by molar-refractivity contribution is 9.09. The zero-order valence-corrected chi connectivity index (χ0v) is 19.1. The maximum atomic E-state index is 13.6. The standard InChI is InChI=1S/C20H32BrN3O5/c1-5-6-7-23-18(27)16-20-8-11(21)15(29-20)13(17(26)22-4)14(20)19(28)24(16)12(9-25)10(2)3/h10-16,25H,5-9H2,1-4H3,(H,22,26)(H,23,27)/t11?,12-,13+,14-,15+,16?,20?/m0/s1. The van der Waals surface area contributed by atoms with Crippen LogP contribution in [0.4, 0.5) is 0 Å². The fraction of sp³-hybridized carbons (Fsp3) is 0.850. The third-order valence-electron chi connectivity index (χ3n) is 6.67. The van der Waals surface area contributed by atoms with Crippen molar-refractivity contribution >= 4 is 33.7 Å². The number of hydrogen-bond donors (Lipinski definition) is 3. The van der Waals surface area contributed by atoms with Gasteiger partial charge in [-0.2, -0.15) is 0 Å². The molecule has 0 aromatic heterocycles. The van der Waals surface area contributed by atoms with E-state index in [0.29, 0.717) is 13.0 Å². The van der Waals surface area contributed by atoms with Crippen LogP contribution >= 0.6 is 15.9 Å². The molecule has 7 atom stereocenters. The highest BCUT2D eigenvalue weighted by atomic mass is 79.9. The summed E-state index contributed by atoms with van der Waals surface area (Å²) in [6.07, 6.45) is 1.79. The quantitative estimate of drug-likeness (QED) is 0.349. The van der Waals surface area contributed by atoms with E-state index in [1.807, 2.05) is 20.8 Å². The lowest BCUT2D eigenvalue weighted by molar-refractivity contribution is -0.146. The van der Waals surface area contributed by atoms with Crippen LogP contribution in [0.15, 0.2) is 0 Å². The van der Waals surface area contributed by atoms with E-state index in [4.69, 9.17) is 4.74 Å².